The van der Waals surface area contributed by atoms with Crippen molar-refractivity contribution in [2.24, 2.45) is 0 Å². The maximum Gasteiger partial charge on any atom is 0.0541 e. The smallest absolute Gasteiger partial charge is 0.0541 e. The van der Waals surface area contributed by atoms with Crippen LogP contribution in [0.25, 0.3) is 82.1 Å². The number of hydrogen-bond donors (Lipinski definition) is 0. The number of para-hydroxylation sites is 3. The molecule has 2 nitrogen and oxygen atoms in total. The third kappa shape index (κ3) is 6.16. The largest absolute Gasteiger partial charge is 0.309 e. The van der Waals surface area contributed by atoms with Crippen LogP contribution in [0.5, 0.6) is 0 Å². The Labute approximate surface area is 364 Å². The molecule has 1 heterocycles. The normalized spacial score (nSPS) is 12.4. The van der Waals surface area contributed by atoms with Crippen molar-refractivity contribution in [3.05, 3.63) is 205 Å². The number of rotatable bonds is 6. The van der Waals surface area contributed by atoms with Crippen molar-refractivity contribution in [3.8, 4) is 27.9 Å². The Balaban J connectivity index is 1.20. The van der Waals surface area contributed by atoms with E-state index in [2.05, 4.69) is 245 Å². The van der Waals surface area contributed by atoms with E-state index in [9.17, 15) is 0 Å². The second-order valence-electron chi connectivity index (χ2n) is 19.0. The van der Waals surface area contributed by atoms with Crippen molar-refractivity contribution in [2.45, 2.75) is 52.4 Å². The molecule has 0 radical (unpaired) electrons. The first-order chi connectivity index (χ1) is 30.0. The molecule has 0 aliphatic rings. The molecule has 0 fully saturated rings. The second kappa shape index (κ2) is 14.2. The summed E-state index contributed by atoms with van der Waals surface area (Å²) in [6.45, 7) is 13.8. The summed E-state index contributed by atoms with van der Waals surface area (Å²) in [5.41, 5.74) is 14.5. The van der Waals surface area contributed by atoms with Crippen LogP contribution >= 0.6 is 0 Å². The number of aromatic nitrogens is 1. The molecular formula is C60H50N2. The fourth-order valence-electron chi connectivity index (χ4n) is 9.78. The number of nitrogens with zero attached hydrogens (tertiary/aromatic N) is 2. The van der Waals surface area contributed by atoms with E-state index in [1.807, 2.05) is 0 Å². The van der Waals surface area contributed by atoms with Gasteiger partial charge >= 0.3 is 0 Å². The zero-order valence-corrected chi connectivity index (χ0v) is 36.4. The molecule has 0 bridgehead atoms. The minimum absolute atomic E-state index is 0.0775. The summed E-state index contributed by atoms with van der Waals surface area (Å²) in [5, 5.41) is 10.1. The first kappa shape index (κ1) is 37.8. The van der Waals surface area contributed by atoms with Gasteiger partial charge in [-0.25, -0.2) is 0 Å². The van der Waals surface area contributed by atoms with Gasteiger partial charge in [0.15, 0.2) is 0 Å². The molecule has 0 spiro atoms. The van der Waals surface area contributed by atoms with Crippen LogP contribution in [0.2, 0.25) is 0 Å². The summed E-state index contributed by atoms with van der Waals surface area (Å²) in [5.74, 6) is 0. The summed E-state index contributed by atoms with van der Waals surface area (Å²) < 4.78 is 2.47. The van der Waals surface area contributed by atoms with E-state index in [-0.39, 0.29) is 10.8 Å². The predicted molar refractivity (Wildman–Crippen MR) is 267 cm³/mol. The van der Waals surface area contributed by atoms with Gasteiger partial charge < -0.3 is 9.47 Å². The van der Waals surface area contributed by atoms with Gasteiger partial charge in [0, 0.05) is 32.8 Å². The highest BCUT2D eigenvalue weighted by atomic mass is 15.1. The van der Waals surface area contributed by atoms with Gasteiger partial charge in [0.1, 0.15) is 0 Å². The van der Waals surface area contributed by atoms with Gasteiger partial charge in [-0.1, -0.05) is 193 Å². The van der Waals surface area contributed by atoms with Crippen molar-refractivity contribution in [1.82, 2.24) is 4.57 Å². The summed E-state index contributed by atoms with van der Waals surface area (Å²) in [6.07, 6.45) is 0. The molecule has 10 aromatic carbocycles. The van der Waals surface area contributed by atoms with Gasteiger partial charge in [-0.2, -0.15) is 0 Å². The second-order valence-corrected chi connectivity index (χ2v) is 19.0. The molecule has 0 saturated heterocycles. The number of fused-ring (bicyclic) bond motifs is 3. The molecule has 0 saturated carbocycles. The zero-order chi connectivity index (χ0) is 42.3. The maximum absolute atomic E-state index is 2.53. The minimum atomic E-state index is -0.0907. The van der Waals surface area contributed by atoms with Crippen molar-refractivity contribution < 1.29 is 0 Å². The molecular weight excluding hydrogens is 749 g/mol. The highest BCUT2D eigenvalue weighted by Gasteiger charge is 2.25. The Bertz CT molecular complexity index is 3410. The van der Waals surface area contributed by atoms with Crippen LogP contribution in [0.1, 0.15) is 52.7 Å². The van der Waals surface area contributed by atoms with Crippen LogP contribution in [-0.2, 0) is 10.8 Å². The van der Waals surface area contributed by atoms with E-state index < -0.39 is 0 Å². The number of benzene rings is 10. The Morgan fingerprint density at radius 1 is 0.371 bits per heavy atom. The van der Waals surface area contributed by atoms with Gasteiger partial charge in [0.25, 0.3) is 0 Å². The lowest BCUT2D eigenvalue weighted by molar-refractivity contribution is 0.590. The zero-order valence-electron chi connectivity index (χ0n) is 36.4. The van der Waals surface area contributed by atoms with Crippen molar-refractivity contribution in [2.75, 3.05) is 4.90 Å². The first-order valence-corrected chi connectivity index (χ1v) is 21.9. The van der Waals surface area contributed by atoms with E-state index in [0.29, 0.717) is 0 Å². The van der Waals surface area contributed by atoms with Gasteiger partial charge in [-0.3, -0.25) is 0 Å². The fraction of sp³-hybridized carbons (Fsp3) is 0.133. The van der Waals surface area contributed by atoms with Crippen LogP contribution in [0.4, 0.5) is 17.1 Å². The standard InChI is InChI=1S/C60H50N2/c1-59(2,3)44-30-24-39(25-31-44)43-36-45(60(4,5)6)38-46(37-43)61(52-21-13-10-18-47(52)40-16-8-7-9-17-40)55-34-28-41-27-33-51-56(35-29-42-26-32-50(55)57(41)58(42)51)62-53-22-14-11-19-48(53)49-20-12-15-23-54(49)62/h7-38H,1-6H3. The Kier molecular flexibility index (Phi) is 8.67. The van der Waals surface area contributed by atoms with Crippen molar-refractivity contribution in [3.63, 3.8) is 0 Å². The van der Waals surface area contributed by atoms with Crippen LogP contribution in [0.15, 0.2) is 194 Å². The SMILES string of the molecule is CC(C)(C)c1ccc(-c2cc(N(c3ccccc3-c3ccccc3)c3ccc4ccc5c(-n6c7ccccc7c7ccccc76)ccc6ccc3c4c65)cc(C(C)(C)C)c2)cc1. The lowest BCUT2D eigenvalue weighted by Gasteiger charge is -2.32. The predicted octanol–water partition coefficient (Wildman–Crippen LogP) is 17.1. The van der Waals surface area contributed by atoms with Gasteiger partial charge in [0.2, 0.25) is 0 Å². The maximum atomic E-state index is 2.53. The third-order valence-corrected chi connectivity index (χ3v) is 13.0. The van der Waals surface area contributed by atoms with Crippen LogP contribution in [0.3, 0.4) is 0 Å². The molecule has 0 amide bonds. The van der Waals surface area contributed by atoms with E-state index in [4.69, 9.17) is 0 Å². The molecule has 0 aliphatic carbocycles. The molecule has 11 aromatic rings. The highest BCUT2D eigenvalue weighted by molar-refractivity contribution is 6.27. The van der Waals surface area contributed by atoms with Crippen molar-refractivity contribution in [1.29, 1.82) is 0 Å². The lowest BCUT2D eigenvalue weighted by atomic mass is 9.83. The molecule has 300 valence electrons. The van der Waals surface area contributed by atoms with E-state index in [0.717, 1.165) is 17.1 Å². The van der Waals surface area contributed by atoms with Crippen molar-refractivity contribution >= 4 is 71.2 Å². The summed E-state index contributed by atoms with van der Waals surface area (Å²) >= 11 is 0. The monoisotopic (exact) mass is 798 g/mol. The lowest BCUT2D eigenvalue weighted by Crippen LogP contribution is -2.16. The molecule has 0 unspecified atom stereocenters. The molecule has 11 rings (SSSR count). The molecule has 1 aromatic heterocycles. The Hall–Kier alpha value is -7.16. The molecule has 0 N–H and O–H groups in total. The molecule has 0 atom stereocenters. The number of hydrogen-bond acceptors (Lipinski definition) is 1. The van der Waals surface area contributed by atoms with Crippen LogP contribution < -0.4 is 4.90 Å². The van der Waals surface area contributed by atoms with E-state index >= 15 is 0 Å². The van der Waals surface area contributed by atoms with E-state index in [1.54, 1.807) is 0 Å². The van der Waals surface area contributed by atoms with Gasteiger partial charge in [-0.05, 0) is 103 Å². The minimum Gasteiger partial charge on any atom is -0.309 e. The summed E-state index contributed by atoms with van der Waals surface area (Å²) in [4.78, 5) is 2.53. The fourth-order valence-corrected chi connectivity index (χ4v) is 9.78. The summed E-state index contributed by atoms with van der Waals surface area (Å²) in [6, 6.07) is 72.5. The average Bonchev–Trinajstić information content (AvgIpc) is 3.62. The van der Waals surface area contributed by atoms with E-state index in [1.165, 1.54) is 93.2 Å². The summed E-state index contributed by atoms with van der Waals surface area (Å²) in [7, 11) is 0. The first-order valence-electron chi connectivity index (χ1n) is 21.9. The topological polar surface area (TPSA) is 8.17 Å². The molecule has 0 aliphatic heterocycles. The Morgan fingerprint density at radius 2 is 0.935 bits per heavy atom. The molecule has 2 heteroatoms. The quantitative estimate of drug-likeness (QED) is 0.152. The third-order valence-electron chi connectivity index (χ3n) is 13.0. The average molecular weight is 799 g/mol. The molecule has 62 heavy (non-hydrogen) atoms. The van der Waals surface area contributed by atoms with Crippen LogP contribution in [0, 0.1) is 0 Å². The number of anilines is 3. The van der Waals surface area contributed by atoms with Crippen LogP contribution in [-0.4, -0.2) is 4.57 Å². The highest BCUT2D eigenvalue weighted by Crippen LogP contribution is 2.49. The van der Waals surface area contributed by atoms with Gasteiger partial charge in [-0.15, -0.1) is 0 Å². The van der Waals surface area contributed by atoms with Gasteiger partial charge in [0.05, 0.1) is 28.1 Å². The Morgan fingerprint density at radius 3 is 1.61 bits per heavy atom.